The number of hydrogen-bond donors (Lipinski definition) is 1. The molecule has 1 N–H and O–H groups in total. The lowest BCUT2D eigenvalue weighted by Gasteiger charge is -2.14. The van der Waals surface area contributed by atoms with Crippen molar-refractivity contribution in [1.29, 1.82) is 0 Å². The van der Waals surface area contributed by atoms with Gasteiger partial charge in [-0.05, 0) is 31.5 Å². The molecule has 0 bridgehead atoms. The summed E-state index contributed by atoms with van der Waals surface area (Å²) in [7, 11) is 0. The van der Waals surface area contributed by atoms with Gasteiger partial charge in [0, 0.05) is 18.4 Å². The molecule has 0 spiro atoms. The maximum Gasteiger partial charge on any atom is 0.220 e. The number of aryl methyl sites for hydroxylation is 1. The highest BCUT2D eigenvalue weighted by atomic mass is 19.2. The van der Waals surface area contributed by atoms with E-state index in [-0.39, 0.29) is 24.5 Å². The van der Waals surface area contributed by atoms with Crippen LogP contribution in [0, 0.1) is 18.6 Å². The maximum absolute atomic E-state index is 13.2. The van der Waals surface area contributed by atoms with E-state index in [9.17, 15) is 18.4 Å². The van der Waals surface area contributed by atoms with Gasteiger partial charge in [-0.2, -0.15) is 0 Å². The quantitative estimate of drug-likeness (QED) is 0.810. The van der Waals surface area contributed by atoms with Crippen LogP contribution in [0.2, 0.25) is 0 Å². The monoisotopic (exact) mass is 331 g/mol. The Morgan fingerprint density at radius 2 is 1.67 bits per heavy atom. The molecule has 2 aromatic rings. The minimum absolute atomic E-state index is 0.0424. The normalized spacial score (nSPS) is 11.8. The molecule has 0 heterocycles. The predicted octanol–water partition coefficient (Wildman–Crippen LogP) is 4.11. The van der Waals surface area contributed by atoms with Gasteiger partial charge in [-0.25, -0.2) is 8.78 Å². The molecule has 0 saturated heterocycles. The zero-order valence-corrected chi connectivity index (χ0v) is 13.6. The largest absolute Gasteiger partial charge is 0.350 e. The molecular formula is C19H19F2NO2. The van der Waals surface area contributed by atoms with Crippen molar-refractivity contribution in [3.05, 3.63) is 70.8 Å². The molecule has 0 aliphatic carbocycles. The van der Waals surface area contributed by atoms with E-state index in [1.807, 2.05) is 19.1 Å². The molecule has 0 aliphatic heterocycles. The van der Waals surface area contributed by atoms with Crippen LogP contribution in [0.5, 0.6) is 0 Å². The average Bonchev–Trinajstić information content (AvgIpc) is 2.55. The first-order chi connectivity index (χ1) is 11.4. The van der Waals surface area contributed by atoms with Gasteiger partial charge in [0.1, 0.15) is 0 Å². The number of nitrogens with one attached hydrogen (secondary N) is 1. The predicted molar refractivity (Wildman–Crippen MR) is 87.7 cm³/mol. The van der Waals surface area contributed by atoms with E-state index in [2.05, 4.69) is 5.32 Å². The lowest BCUT2D eigenvalue weighted by molar-refractivity contribution is -0.121. The Kier molecular flexibility index (Phi) is 5.79. The highest BCUT2D eigenvalue weighted by Crippen LogP contribution is 2.16. The van der Waals surface area contributed by atoms with E-state index in [4.69, 9.17) is 0 Å². The molecule has 126 valence electrons. The standard InChI is InChI=1S/C19H19F2NO2/c1-12-3-5-14(6-4-12)18(23)9-10-19(24)22-13(2)15-7-8-16(20)17(21)11-15/h3-8,11,13H,9-10H2,1-2H3,(H,22,24). The van der Waals surface area contributed by atoms with E-state index >= 15 is 0 Å². The van der Waals surface area contributed by atoms with Gasteiger partial charge in [0.15, 0.2) is 17.4 Å². The van der Waals surface area contributed by atoms with Gasteiger partial charge in [0.25, 0.3) is 0 Å². The highest BCUT2D eigenvalue weighted by Gasteiger charge is 2.14. The Labute approximate surface area is 139 Å². The molecule has 2 aromatic carbocycles. The summed E-state index contributed by atoms with van der Waals surface area (Å²) in [6.45, 7) is 3.60. The van der Waals surface area contributed by atoms with Crippen LogP contribution in [0.3, 0.4) is 0 Å². The highest BCUT2D eigenvalue weighted by molar-refractivity contribution is 5.98. The number of carbonyl (C=O) groups excluding carboxylic acids is 2. The van der Waals surface area contributed by atoms with Crippen molar-refractivity contribution in [2.75, 3.05) is 0 Å². The second-order valence-electron chi connectivity index (χ2n) is 5.75. The Balaban J connectivity index is 1.87. The summed E-state index contributed by atoms with van der Waals surface area (Å²) in [6, 6.07) is 10.2. The number of Topliss-reactive ketones (excluding diaryl/α,β-unsaturated/α-hetero) is 1. The molecule has 0 fully saturated rings. The van der Waals surface area contributed by atoms with Crippen molar-refractivity contribution >= 4 is 11.7 Å². The fourth-order valence-corrected chi connectivity index (χ4v) is 2.29. The Morgan fingerprint density at radius 3 is 2.29 bits per heavy atom. The topological polar surface area (TPSA) is 46.2 Å². The summed E-state index contributed by atoms with van der Waals surface area (Å²) in [5, 5.41) is 2.68. The smallest absolute Gasteiger partial charge is 0.220 e. The summed E-state index contributed by atoms with van der Waals surface area (Å²) in [5.41, 5.74) is 2.10. The van der Waals surface area contributed by atoms with Crippen LogP contribution >= 0.6 is 0 Å². The molecule has 0 radical (unpaired) electrons. The molecule has 2 rings (SSSR count). The van der Waals surface area contributed by atoms with Crippen molar-refractivity contribution in [2.45, 2.75) is 32.7 Å². The molecule has 1 amide bonds. The van der Waals surface area contributed by atoms with Gasteiger partial charge in [-0.1, -0.05) is 35.9 Å². The number of amides is 1. The van der Waals surface area contributed by atoms with Crippen molar-refractivity contribution in [3.8, 4) is 0 Å². The van der Waals surface area contributed by atoms with Crippen molar-refractivity contribution in [3.63, 3.8) is 0 Å². The average molecular weight is 331 g/mol. The number of carbonyl (C=O) groups is 2. The molecule has 3 nitrogen and oxygen atoms in total. The first-order valence-electron chi connectivity index (χ1n) is 7.71. The van der Waals surface area contributed by atoms with Gasteiger partial charge in [0.05, 0.1) is 6.04 Å². The summed E-state index contributed by atoms with van der Waals surface area (Å²) < 4.78 is 26.1. The first kappa shape index (κ1) is 17.8. The van der Waals surface area contributed by atoms with E-state index < -0.39 is 17.7 Å². The second kappa shape index (κ2) is 7.81. The summed E-state index contributed by atoms with van der Waals surface area (Å²) in [5.74, 6) is -2.30. The van der Waals surface area contributed by atoms with Crippen LogP contribution in [-0.2, 0) is 4.79 Å². The zero-order chi connectivity index (χ0) is 17.7. The molecule has 1 unspecified atom stereocenters. The minimum atomic E-state index is -0.955. The number of halogens is 2. The molecule has 5 heteroatoms. The fraction of sp³-hybridized carbons (Fsp3) is 0.263. The number of rotatable bonds is 6. The van der Waals surface area contributed by atoms with Gasteiger partial charge < -0.3 is 5.32 Å². The summed E-state index contributed by atoms with van der Waals surface area (Å²) in [6.07, 6.45) is 0.139. The van der Waals surface area contributed by atoms with Crippen molar-refractivity contribution < 1.29 is 18.4 Å². The van der Waals surface area contributed by atoms with Crippen LogP contribution in [0.4, 0.5) is 8.78 Å². The van der Waals surface area contributed by atoms with Crippen LogP contribution in [0.15, 0.2) is 42.5 Å². The molecule has 1 atom stereocenters. The molecule has 0 aromatic heterocycles. The van der Waals surface area contributed by atoms with Gasteiger partial charge in [-0.15, -0.1) is 0 Å². The minimum Gasteiger partial charge on any atom is -0.350 e. The number of benzene rings is 2. The van der Waals surface area contributed by atoms with Crippen LogP contribution in [-0.4, -0.2) is 11.7 Å². The molecule has 0 aliphatic rings. The van der Waals surface area contributed by atoms with Gasteiger partial charge in [-0.3, -0.25) is 9.59 Å². The van der Waals surface area contributed by atoms with Crippen molar-refractivity contribution in [1.82, 2.24) is 5.32 Å². The molecule has 24 heavy (non-hydrogen) atoms. The fourth-order valence-electron chi connectivity index (χ4n) is 2.29. The molecule has 0 saturated carbocycles. The van der Waals surface area contributed by atoms with Gasteiger partial charge >= 0.3 is 0 Å². The number of hydrogen-bond acceptors (Lipinski definition) is 2. The summed E-state index contributed by atoms with van der Waals surface area (Å²) >= 11 is 0. The lowest BCUT2D eigenvalue weighted by atomic mass is 10.0. The third-order valence-corrected chi connectivity index (χ3v) is 3.77. The maximum atomic E-state index is 13.2. The van der Waals surface area contributed by atoms with Crippen molar-refractivity contribution in [2.24, 2.45) is 0 Å². The van der Waals surface area contributed by atoms with Gasteiger partial charge in [0.2, 0.25) is 5.91 Å². The Hall–Kier alpha value is -2.56. The third-order valence-electron chi connectivity index (χ3n) is 3.77. The Bertz CT molecular complexity index is 742. The SMILES string of the molecule is Cc1ccc(C(=O)CCC(=O)NC(C)c2ccc(F)c(F)c2)cc1. The van der Waals surface area contributed by atoms with Crippen LogP contribution < -0.4 is 5.32 Å². The van der Waals surface area contributed by atoms with E-state index in [1.165, 1.54) is 6.07 Å². The van der Waals surface area contributed by atoms with Crippen LogP contribution in [0.1, 0.15) is 47.3 Å². The zero-order valence-electron chi connectivity index (χ0n) is 13.6. The Morgan fingerprint density at radius 1 is 1.00 bits per heavy atom. The van der Waals surface area contributed by atoms with E-state index in [1.54, 1.807) is 19.1 Å². The van der Waals surface area contributed by atoms with E-state index in [0.29, 0.717) is 11.1 Å². The van der Waals surface area contributed by atoms with Crippen LogP contribution in [0.25, 0.3) is 0 Å². The third kappa shape index (κ3) is 4.72. The first-order valence-corrected chi connectivity index (χ1v) is 7.71. The lowest BCUT2D eigenvalue weighted by Crippen LogP contribution is -2.27. The van der Waals surface area contributed by atoms with E-state index in [0.717, 1.165) is 17.7 Å². The summed E-state index contributed by atoms with van der Waals surface area (Å²) in [4.78, 5) is 24.0. The molecular weight excluding hydrogens is 312 g/mol. The number of ketones is 1. The second-order valence-corrected chi connectivity index (χ2v) is 5.75.